The summed E-state index contributed by atoms with van der Waals surface area (Å²) in [5, 5.41) is 12.1. The number of benzene rings is 2. The zero-order valence-electron chi connectivity index (χ0n) is 15.8. The van der Waals surface area contributed by atoms with Gasteiger partial charge in [-0.25, -0.2) is 4.79 Å². The van der Waals surface area contributed by atoms with E-state index >= 15 is 0 Å². The van der Waals surface area contributed by atoms with Gasteiger partial charge < -0.3 is 9.64 Å². The van der Waals surface area contributed by atoms with Crippen molar-refractivity contribution in [2.75, 3.05) is 24.6 Å². The molecular formula is C21H21ClN2O5. The Morgan fingerprint density at radius 1 is 1.00 bits per heavy atom. The molecule has 8 heteroatoms. The molecule has 2 aromatic carbocycles. The molecule has 2 aromatic rings. The van der Waals surface area contributed by atoms with E-state index in [4.69, 9.17) is 16.3 Å². The summed E-state index contributed by atoms with van der Waals surface area (Å²) in [6.45, 7) is 1.04. The third-order valence-corrected chi connectivity index (χ3v) is 5.11. The number of ether oxygens (including phenoxy) is 1. The van der Waals surface area contributed by atoms with E-state index in [9.17, 15) is 19.7 Å². The minimum absolute atomic E-state index is 0.0409. The van der Waals surface area contributed by atoms with Crippen molar-refractivity contribution in [2.45, 2.75) is 25.7 Å². The van der Waals surface area contributed by atoms with E-state index in [2.05, 4.69) is 0 Å². The molecule has 0 amide bonds. The molecule has 152 valence electrons. The molecule has 0 unspecified atom stereocenters. The minimum atomic E-state index is -0.780. The number of ketones is 1. The normalized spacial score (nSPS) is 14.2. The first kappa shape index (κ1) is 20.8. The molecule has 0 saturated carbocycles. The van der Waals surface area contributed by atoms with Gasteiger partial charge in [-0.2, -0.15) is 0 Å². The number of carbonyl (C=O) groups excluding carboxylic acids is 2. The van der Waals surface area contributed by atoms with Crippen molar-refractivity contribution < 1.29 is 19.2 Å². The lowest BCUT2D eigenvalue weighted by molar-refractivity contribution is -0.384. The Hall–Kier alpha value is -2.93. The van der Waals surface area contributed by atoms with Crippen LogP contribution in [-0.4, -0.2) is 36.4 Å². The number of hydrogen-bond donors (Lipinski definition) is 0. The number of Topliss-reactive ketones (excluding diaryl/α,β-unsaturated/α-hetero) is 1. The van der Waals surface area contributed by atoms with Crippen LogP contribution in [0.5, 0.6) is 0 Å². The van der Waals surface area contributed by atoms with Crippen molar-refractivity contribution in [3.63, 3.8) is 0 Å². The number of hydrogen-bond acceptors (Lipinski definition) is 6. The van der Waals surface area contributed by atoms with Gasteiger partial charge in [-0.15, -0.1) is 0 Å². The van der Waals surface area contributed by atoms with Crippen LogP contribution in [0.3, 0.4) is 0 Å². The maximum atomic E-state index is 12.3. The first-order valence-electron chi connectivity index (χ1n) is 9.45. The van der Waals surface area contributed by atoms with Gasteiger partial charge in [-0.1, -0.05) is 24.4 Å². The van der Waals surface area contributed by atoms with Crippen molar-refractivity contribution in [2.24, 2.45) is 0 Å². The fourth-order valence-electron chi connectivity index (χ4n) is 3.31. The van der Waals surface area contributed by atoms with Crippen LogP contribution in [0.25, 0.3) is 0 Å². The molecule has 0 atom stereocenters. The summed E-state index contributed by atoms with van der Waals surface area (Å²) in [5.41, 5.74) is 0.778. The van der Waals surface area contributed by atoms with E-state index in [0.29, 0.717) is 16.3 Å². The lowest BCUT2D eigenvalue weighted by Gasteiger charge is -2.22. The second kappa shape index (κ2) is 9.52. The predicted molar refractivity (Wildman–Crippen MR) is 110 cm³/mol. The minimum Gasteiger partial charge on any atom is -0.454 e. The van der Waals surface area contributed by atoms with Gasteiger partial charge in [-0.3, -0.25) is 14.9 Å². The van der Waals surface area contributed by atoms with Crippen molar-refractivity contribution in [1.29, 1.82) is 0 Å². The maximum Gasteiger partial charge on any atom is 0.338 e. The van der Waals surface area contributed by atoms with Crippen LogP contribution < -0.4 is 4.90 Å². The number of nitro benzene ring substituents is 1. The quantitative estimate of drug-likeness (QED) is 0.294. The molecule has 7 nitrogen and oxygen atoms in total. The number of esters is 1. The van der Waals surface area contributed by atoms with Gasteiger partial charge in [0.2, 0.25) is 0 Å². The molecule has 0 bridgehead atoms. The predicted octanol–water partition coefficient (Wildman–Crippen LogP) is 4.67. The van der Waals surface area contributed by atoms with Crippen LogP contribution in [0.1, 0.15) is 46.4 Å². The molecule has 3 rings (SSSR count). The Labute approximate surface area is 173 Å². The number of rotatable bonds is 6. The van der Waals surface area contributed by atoms with Crippen LogP contribution >= 0.6 is 11.6 Å². The Morgan fingerprint density at radius 3 is 2.24 bits per heavy atom. The third kappa shape index (κ3) is 5.32. The Morgan fingerprint density at radius 2 is 1.62 bits per heavy atom. The first-order valence-corrected chi connectivity index (χ1v) is 9.83. The lowest BCUT2D eigenvalue weighted by atomic mass is 10.1. The molecule has 1 saturated heterocycles. The van der Waals surface area contributed by atoms with Crippen LogP contribution in [0.2, 0.25) is 5.02 Å². The molecule has 1 aliphatic heterocycles. The zero-order valence-corrected chi connectivity index (χ0v) is 16.6. The van der Waals surface area contributed by atoms with E-state index in [-0.39, 0.29) is 17.0 Å². The molecule has 0 N–H and O–H groups in total. The van der Waals surface area contributed by atoms with Gasteiger partial charge in [0, 0.05) is 29.7 Å². The van der Waals surface area contributed by atoms with E-state index < -0.39 is 17.5 Å². The molecule has 1 fully saturated rings. The Bertz CT molecular complexity index is 906. The fraction of sp³-hybridized carbons (Fsp3) is 0.333. The first-order chi connectivity index (χ1) is 14.0. The summed E-state index contributed by atoms with van der Waals surface area (Å²) >= 11 is 5.79. The second-order valence-electron chi connectivity index (χ2n) is 6.87. The molecule has 0 spiro atoms. The zero-order chi connectivity index (χ0) is 20.8. The number of nitrogens with zero attached hydrogens (tertiary/aromatic N) is 2. The van der Waals surface area contributed by atoms with E-state index in [1.165, 1.54) is 12.1 Å². The van der Waals surface area contributed by atoms with Crippen molar-refractivity contribution in [3.8, 4) is 0 Å². The van der Waals surface area contributed by atoms with Crippen molar-refractivity contribution in [1.82, 2.24) is 0 Å². The highest BCUT2D eigenvalue weighted by Crippen LogP contribution is 2.31. The van der Waals surface area contributed by atoms with E-state index in [1.54, 1.807) is 30.3 Å². The largest absolute Gasteiger partial charge is 0.454 e. The topological polar surface area (TPSA) is 89.8 Å². The highest BCUT2D eigenvalue weighted by atomic mass is 35.5. The fourth-order valence-corrected chi connectivity index (χ4v) is 3.44. The highest BCUT2D eigenvalue weighted by Gasteiger charge is 2.23. The lowest BCUT2D eigenvalue weighted by Crippen LogP contribution is -2.25. The standard InChI is InChI=1S/C21H21ClN2O5/c22-17-8-5-15(6-9-17)20(25)14-29-21(26)16-7-10-18(19(13-16)24(27)28)23-11-3-1-2-4-12-23/h5-10,13H,1-4,11-12,14H2. The monoisotopic (exact) mass is 416 g/mol. The molecule has 29 heavy (non-hydrogen) atoms. The second-order valence-corrected chi connectivity index (χ2v) is 7.30. The average Bonchev–Trinajstić information content (AvgIpc) is 3.01. The SMILES string of the molecule is O=C(COC(=O)c1ccc(N2CCCCCC2)c([N+](=O)[O-])c1)c1ccc(Cl)cc1. The van der Waals surface area contributed by atoms with Crippen molar-refractivity contribution >= 4 is 34.7 Å². The van der Waals surface area contributed by atoms with Crippen LogP contribution in [0, 0.1) is 10.1 Å². The molecule has 0 radical (unpaired) electrons. The van der Waals surface area contributed by atoms with Gasteiger partial charge >= 0.3 is 5.97 Å². The summed E-state index contributed by atoms with van der Waals surface area (Å²) in [4.78, 5) is 37.5. The number of nitro groups is 1. The van der Waals surface area contributed by atoms with Gasteiger partial charge in [0.1, 0.15) is 5.69 Å². The van der Waals surface area contributed by atoms with Crippen LogP contribution in [0.4, 0.5) is 11.4 Å². The van der Waals surface area contributed by atoms with Gasteiger partial charge in [0.05, 0.1) is 10.5 Å². The Kier molecular flexibility index (Phi) is 6.82. The summed E-state index contributed by atoms with van der Waals surface area (Å²) in [5.74, 6) is -1.16. The third-order valence-electron chi connectivity index (χ3n) is 4.86. The smallest absolute Gasteiger partial charge is 0.338 e. The van der Waals surface area contributed by atoms with E-state index in [1.807, 2.05) is 4.90 Å². The van der Waals surface area contributed by atoms with Gasteiger partial charge in [-0.05, 0) is 49.2 Å². The van der Waals surface area contributed by atoms with Crippen LogP contribution in [0.15, 0.2) is 42.5 Å². The number of anilines is 1. The molecule has 0 aliphatic carbocycles. The van der Waals surface area contributed by atoms with Crippen molar-refractivity contribution in [3.05, 3.63) is 68.7 Å². The number of carbonyl (C=O) groups is 2. The van der Waals surface area contributed by atoms with Gasteiger partial charge in [0.25, 0.3) is 5.69 Å². The summed E-state index contributed by atoms with van der Waals surface area (Å²) in [7, 11) is 0. The van der Waals surface area contributed by atoms with E-state index in [0.717, 1.165) is 38.8 Å². The molecule has 0 aromatic heterocycles. The average molecular weight is 417 g/mol. The van der Waals surface area contributed by atoms with Gasteiger partial charge in [0.15, 0.2) is 12.4 Å². The Balaban J connectivity index is 1.71. The maximum absolute atomic E-state index is 12.3. The summed E-state index contributed by atoms with van der Waals surface area (Å²) < 4.78 is 5.06. The molecule has 1 heterocycles. The molecule has 1 aliphatic rings. The number of halogens is 1. The summed E-state index contributed by atoms with van der Waals surface area (Å²) in [6, 6.07) is 10.5. The highest BCUT2D eigenvalue weighted by molar-refractivity contribution is 6.30. The summed E-state index contributed by atoms with van der Waals surface area (Å²) in [6.07, 6.45) is 4.17. The molecular weight excluding hydrogens is 396 g/mol. The van der Waals surface area contributed by atoms with Crippen LogP contribution in [-0.2, 0) is 4.74 Å².